The molecule has 38 heavy (non-hydrogen) atoms. The van der Waals surface area contributed by atoms with Crippen molar-refractivity contribution in [2.24, 2.45) is 0 Å². The summed E-state index contributed by atoms with van der Waals surface area (Å²) < 4.78 is 34.2. The van der Waals surface area contributed by atoms with Crippen LogP contribution in [0.25, 0.3) is 0 Å². The van der Waals surface area contributed by atoms with Crippen LogP contribution >= 0.6 is 0 Å². The van der Waals surface area contributed by atoms with Crippen molar-refractivity contribution in [2.45, 2.75) is 43.7 Å². The highest BCUT2D eigenvalue weighted by Gasteiger charge is 2.31. The Bertz CT molecular complexity index is 1350. The molecule has 0 saturated heterocycles. The van der Waals surface area contributed by atoms with E-state index in [4.69, 9.17) is 9.72 Å². The first-order chi connectivity index (χ1) is 18.4. The number of nitrogens with zero attached hydrogens (tertiary/aromatic N) is 2. The van der Waals surface area contributed by atoms with Gasteiger partial charge in [0, 0.05) is 30.8 Å². The molecule has 4 rings (SSSR count). The van der Waals surface area contributed by atoms with Crippen molar-refractivity contribution in [1.29, 1.82) is 0 Å². The van der Waals surface area contributed by atoms with E-state index in [1.807, 2.05) is 12.1 Å². The van der Waals surface area contributed by atoms with Crippen LogP contribution in [0.15, 0.2) is 77.7 Å². The highest BCUT2D eigenvalue weighted by molar-refractivity contribution is 7.89. The molecular weight excluding hydrogens is 504 g/mol. The molecule has 1 aromatic heterocycles. The molecule has 1 aliphatic heterocycles. The number of esters is 1. The molecule has 1 amide bonds. The van der Waals surface area contributed by atoms with Gasteiger partial charge in [-0.3, -0.25) is 9.59 Å². The van der Waals surface area contributed by atoms with Gasteiger partial charge in [-0.2, -0.15) is 4.72 Å². The second-order valence-electron chi connectivity index (χ2n) is 8.91. The van der Waals surface area contributed by atoms with Gasteiger partial charge in [-0.1, -0.05) is 42.5 Å². The Morgan fingerprint density at radius 2 is 1.76 bits per heavy atom. The Balaban J connectivity index is 1.66. The zero-order valence-corrected chi connectivity index (χ0v) is 22.1. The van der Waals surface area contributed by atoms with E-state index in [2.05, 4.69) is 10.0 Å². The lowest BCUT2D eigenvalue weighted by Crippen LogP contribution is -2.52. The number of carbonyl (C=O) groups excluding carboxylic acids is 2. The Morgan fingerprint density at radius 3 is 2.47 bits per heavy atom. The maximum atomic E-state index is 13.7. The smallest absolute Gasteiger partial charge is 0.309 e. The number of pyridine rings is 1. The van der Waals surface area contributed by atoms with Gasteiger partial charge in [-0.05, 0) is 55.7 Å². The number of sulfonamides is 1. The summed E-state index contributed by atoms with van der Waals surface area (Å²) in [6.45, 7) is 2.78. The molecule has 0 fully saturated rings. The van der Waals surface area contributed by atoms with Crippen LogP contribution in [-0.4, -0.2) is 56.0 Å². The lowest BCUT2D eigenvalue weighted by molar-refractivity contribution is -0.144. The maximum Gasteiger partial charge on any atom is 0.309 e. The molecule has 1 atom stereocenters. The molecule has 3 aromatic rings. The van der Waals surface area contributed by atoms with Gasteiger partial charge in [0.15, 0.2) is 0 Å². The van der Waals surface area contributed by atoms with Gasteiger partial charge in [0.1, 0.15) is 12.0 Å². The number of hydrogen-bond donors (Lipinski definition) is 2. The summed E-state index contributed by atoms with van der Waals surface area (Å²) in [5.74, 6) is -0.190. The first-order valence-corrected chi connectivity index (χ1v) is 14.2. The standard InChI is InChI=1S/C28H32N4O5S/c1-2-37-26(33)20-25(31-38(35,36)24-13-7-4-8-14-24)32(28(34)22-10-5-3-6-11-22)19-17-23-16-15-21-12-9-18-29-27(21)30-23/h3-8,10-11,13-16,25,31H,2,9,12,17-20H2,1H3,(H,29,30)/t25-/m1/s1. The van der Waals surface area contributed by atoms with Crippen LogP contribution in [0, 0.1) is 0 Å². The van der Waals surface area contributed by atoms with E-state index in [1.165, 1.54) is 17.0 Å². The fourth-order valence-electron chi connectivity index (χ4n) is 4.33. The Labute approximate surface area is 223 Å². The zero-order valence-electron chi connectivity index (χ0n) is 21.3. The number of nitrogens with one attached hydrogen (secondary N) is 2. The largest absolute Gasteiger partial charge is 0.466 e. The molecule has 0 unspecified atom stereocenters. The van der Waals surface area contributed by atoms with Gasteiger partial charge in [0.2, 0.25) is 10.0 Å². The van der Waals surface area contributed by atoms with Crippen molar-refractivity contribution in [3.63, 3.8) is 0 Å². The Hall–Kier alpha value is -3.76. The number of hydrogen-bond acceptors (Lipinski definition) is 7. The highest BCUT2D eigenvalue weighted by atomic mass is 32.2. The molecule has 2 heterocycles. The Kier molecular flexibility index (Phi) is 9.09. The maximum absolute atomic E-state index is 13.7. The monoisotopic (exact) mass is 536 g/mol. The number of aromatic nitrogens is 1. The van der Waals surface area contributed by atoms with Crippen molar-refractivity contribution < 1.29 is 22.7 Å². The SMILES string of the molecule is CCOC(=O)C[C@H](NS(=O)(=O)c1ccccc1)N(CCc1ccc2c(n1)NCCC2)C(=O)c1ccccc1. The van der Waals surface area contributed by atoms with Crippen molar-refractivity contribution in [2.75, 3.05) is 25.0 Å². The van der Waals surface area contributed by atoms with Gasteiger partial charge in [-0.15, -0.1) is 0 Å². The normalized spacial score (nSPS) is 13.6. The van der Waals surface area contributed by atoms with Crippen molar-refractivity contribution in [3.8, 4) is 0 Å². The fourth-order valence-corrected chi connectivity index (χ4v) is 5.55. The third kappa shape index (κ3) is 6.96. The van der Waals surface area contributed by atoms with Gasteiger partial charge >= 0.3 is 5.97 Å². The van der Waals surface area contributed by atoms with Crippen LogP contribution in [0.5, 0.6) is 0 Å². The number of fused-ring (bicyclic) bond motifs is 1. The third-order valence-corrected chi connectivity index (χ3v) is 7.70. The molecule has 0 spiro atoms. The fraction of sp³-hybridized carbons (Fsp3) is 0.321. The van der Waals surface area contributed by atoms with Crippen molar-refractivity contribution in [1.82, 2.24) is 14.6 Å². The number of carbonyl (C=O) groups is 2. The molecule has 9 nitrogen and oxygen atoms in total. The minimum atomic E-state index is -4.05. The average molecular weight is 537 g/mol. The molecule has 0 aliphatic carbocycles. The third-order valence-electron chi connectivity index (χ3n) is 6.23. The van der Waals surface area contributed by atoms with E-state index in [9.17, 15) is 18.0 Å². The first kappa shape index (κ1) is 27.3. The van der Waals surface area contributed by atoms with Crippen LogP contribution in [0.4, 0.5) is 5.82 Å². The number of rotatable bonds is 11. The summed E-state index contributed by atoms with van der Waals surface area (Å²) in [6, 6.07) is 20.4. The molecule has 10 heteroatoms. The number of amides is 1. The van der Waals surface area contributed by atoms with Gasteiger partial charge in [0.25, 0.3) is 5.91 Å². The topological polar surface area (TPSA) is 118 Å². The summed E-state index contributed by atoms with van der Waals surface area (Å²) in [5.41, 5.74) is 2.28. The molecule has 0 radical (unpaired) electrons. The zero-order chi connectivity index (χ0) is 27.0. The van der Waals surface area contributed by atoms with E-state index >= 15 is 0 Å². The number of benzene rings is 2. The van der Waals surface area contributed by atoms with Crippen LogP contribution in [-0.2, 0) is 32.4 Å². The molecule has 2 N–H and O–H groups in total. The van der Waals surface area contributed by atoms with E-state index < -0.39 is 28.1 Å². The van der Waals surface area contributed by atoms with Crippen LogP contribution < -0.4 is 10.0 Å². The molecule has 1 aliphatic rings. The van der Waals surface area contributed by atoms with Gasteiger partial charge in [0.05, 0.1) is 17.9 Å². The number of ether oxygens (including phenoxy) is 1. The van der Waals surface area contributed by atoms with Crippen LogP contribution in [0.1, 0.15) is 41.4 Å². The predicted octanol–water partition coefficient (Wildman–Crippen LogP) is 3.38. The van der Waals surface area contributed by atoms with Crippen LogP contribution in [0.3, 0.4) is 0 Å². The van der Waals surface area contributed by atoms with Gasteiger partial charge < -0.3 is 15.0 Å². The average Bonchev–Trinajstić information content (AvgIpc) is 2.93. The highest BCUT2D eigenvalue weighted by Crippen LogP contribution is 2.21. The van der Waals surface area contributed by atoms with Crippen molar-refractivity contribution >= 4 is 27.7 Å². The lowest BCUT2D eigenvalue weighted by atomic mass is 10.1. The minimum absolute atomic E-state index is 0.0309. The summed E-state index contributed by atoms with van der Waals surface area (Å²) in [6.07, 6.45) is 0.835. The predicted molar refractivity (Wildman–Crippen MR) is 144 cm³/mol. The minimum Gasteiger partial charge on any atom is -0.466 e. The molecule has 0 bridgehead atoms. The Morgan fingerprint density at radius 1 is 1.05 bits per heavy atom. The second-order valence-corrected chi connectivity index (χ2v) is 10.6. The number of anilines is 1. The summed E-state index contributed by atoms with van der Waals surface area (Å²) >= 11 is 0. The van der Waals surface area contributed by atoms with Crippen molar-refractivity contribution in [3.05, 3.63) is 89.6 Å². The van der Waals surface area contributed by atoms with E-state index in [0.29, 0.717) is 12.0 Å². The molecule has 2 aromatic carbocycles. The van der Waals surface area contributed by atoms with Gasteiger partial charge in [-0.25, -0.2) is 13.4 Å². The summed E-state index contributed by atoms with van der Waals surface area (Å²) in [4.78, 5) is 32.4. The molecule has 200 valence electrons. The van der Waals surface area contributed by atoms with E-state index in [1.54, 1.807) is 55.5 Å². The second kappa shape index (κ2) is 12.7. The molecular formula is C28H32N4O5S. The lowest BCUT2D eigenvalue weighted by Gasteiger charge is -2.32. The van der Waals surface area contributed by atoms with E-state index in [0.717, 1.165) is 36.5 Å². The molecule has 0 saturated carbocycles. The summed E-state index contributed by atoms with van der Waals surface area (Å²) in [5, 5.41) is 3.31. The van der Waals surface area contributed by atoms with E-state index in [-0.39, 0.29) is 24.5 Å². The van der Waals surface area contributed by atoms with Crippen LogP contribution in [0.2, 0.25) is 0 Å². The quantitative estimate of drug-likeness (QED) is 0.285. The summed E-state index contributed by atoms with van der Waals surface area (Å²) in [7, 11) is -4.05. The number of aryl methyl sites for hydroxylation is 1. The first-order valence-electron chi connectivity index (χ1n) is 12.7.